The first-order chi connectivity index (χ1) is 17.9. The molecule has 7 rings (SSSR count). The van der Waals surface area contributed by atoms with E-state index in [0.717, 1.165) is 35.5 Å². The average Bonchev–Trinajstić information content (AvgIpc) is 3.40. The van der Waals surface area contributed by atoms with Crippen molar-refractivity contribution in [1.29, 1.82) is 0 Å². The molecule has 2 aromatic carbocycles. The van der Waals surface area contributed by atoms with Crippen molar-refractivity contribution < 1.29 is 4.74 Å². The van der Waals surface area contributed by atoms with Gasteiger partial charge in [-0.05, 0) is 38.1 Å². The molecule has 1 saturated heterocycles. The van der Waals surface area contributed by atoms with E-state index in [1.165, 1.54) is 11.5 Å². The topological polar surface area (TPSA) is 106 Å². The zero-order valence-electron chi connectivity index (χ0n) is 20.4. The van der Waals surface area contributed by atoms with Crippen molar-refractivity contribution in [1.82, 2.24) is 28.8 Å². The number of aromatic amines is 1. The number of aryl methyl sites for hydroxylation is 1. The SMILES string of the molecule is Cc1ccnc(-c2cc3c4nc(c(=O)[nH]c4c2)-c2cccc4c(=O)n(sc24)CCN2C[C@H](C[C@H]2C)O3)n1. The maximum Gasteiger partial charge on any atom is 0.275 e. The molecule has 37 heavy (non-hydrogen) atoms. The molecule has 1 fully saturated rings. The first-order valence-electron chi connectivity index (χ1n) is 12.4. The van der Waals surface area contributed by atoms with E-state index in [1.807, 2.05) is 43.3 Å². The van der Waals surface area contributed by atoms with E-state index < -0.39 is 0 Å². The van der Waals surface area contributed by atoms with Crippen LogP contribution in [0.4, 0.5) is 0 Å². The third-order valence-electron chi connectivity index (χ3n) is 7.29. The number of nitrogens with one attached hydrogen (secondary N) is 1. The lowest BCUT2D eigenvalue weighted by Gasteiger charge is -2.20. The van der Waals surface area contributed by atoms with E-state index in [2.05, 4.69) is 26.8 Å². The van der Waals surface area contributed by atoms with Gasteiger partial charge in [0, 0.05) is 55.1 Å². The van der Waals surface area contributed by atoms with Crippen LogP contribution in [0.1, 0.15) is 19.0 Å². The second kappa shape index (κ2) is 8.32. The Morgan fingerprint density at radius 2 is 2.03 bits per heavy atom. The molecule has 6 bridgehead atoms. The summed E-state index contributed by atoms with van der Waals surface area (Å²) in [5, 5.41) is 0.606. The second-order valence-electron chi connectivity index (χ2n) is 9.81. The van der Waals surface area contributed by atoms with Gasteiger partial charge >= 0.3 is 0 Å². The van der Waals surface area contributed by atoms with Crippen molar-refractivity contribution in [3.63, 3.8) is 0 Å². The molecule has 0 radical (unpaired) electrons. The van der Waals surface area contributed by atoms with Crippen molar-refractivity contribution >= 4 is 32.7 Å². The zero-order valence-corrected chi connectivity index (χ0v) is 21.2. The summed E-state index contributed by atoms with van der Waals surface area (Å²) in [5.41, 5.74) is 3.28. The van der Waals surface area contributed by atoms with Gasteiger partial charge in [-0.15, -0.1) is 0 Å². The van der Waals surface area contributed by atoms with Gasteiger partial charge in [0.1, 0.15) is 23.1 Å². The molecule has 5 aromatic rings. The maximum atomic E-state index is 13.4. The molecule has 0 amide bonds. The molecular formula is C27H24N6O3S. The first kappa shape index (κ1) is 22.3. The van der Waals surface area contributed by atoms with Gasteiger partial charge in [-0.3, -0.25) is 18.4 Å². The molecule has 1 N–H and O–H groups in total. The minimum absolute atomic E-state index is 0.0305. The lowest BCUT2D eigenvalue weighted by atomic mass is 10.1. The van der Waals surface area contributed by atoms with Crippen LogP contribution in [0.3, 0.4) is 0 Å². The Bertz CT molecular complexity index is 1820. The first-order valence-corrected chi connectivity index (χ1v) is 13.1. The minimum atomic E-state index is -0.326. The van der Waals surface area contributed by atoms with Crippen LogP contribution in [0.15, 0.2) is 52.2 Å². The van der Waals surface area contributed by atoms with Gasteiger partial charge < -0.3 is 9.72 Å². The van der Waals surface area contributed by atoms with E-state index >= 15 is 0 Å². The van der Waals surface area contributed by atoms with Crippen LogP contribution in [0.5, 0.6) is 5.75 Å². The van der Waals surface area contributed by atoms with Gasteiger partial charge in [0.25, 0.3) is 11.1 Å². The summed E-state index contributed by atoms with van der Waals surface area (Å²) in [6.07, 6.45) is 2.53. The molecule has 3 aromatic heterocycles. The fourth-order valence-corrected chi connectivity index (χ4v) is 6.51. The molecule has 0 saturated carbocycles. The highest BCUT2D eigenvalue weighted by Crippen LogP contribution is 2.35. The van der Waals surface area contributed by atoms with Gasteiger partial charge in [0.15, 0.2) is 5.82 Å². The largest absolute Gasteiger partial charge is 0.487 e. The molecule has 0 spiro atoms. The van der Waals surface area contributed by atoms with Crippen LogP contribution >= 0.6 is 11.5 Å². The van der Waals surface area contributed by atoms with Crippen molar-refractivity contribution in [3.05, 3.63) is 69.0 Å². The van der Waals surface area contributed by atoms with Gasteiger partial charge in [0.05, 0.1) is 15.6 Å². The van der Waals surface area contributed by atoms with Gasteiger partial charge in [0.2, 0.25) is 0 Å². The summed E-state index contributed by atoms with van der Waals surface area (Å²) in [6, 6.07) is 11.4. The van der Waals surface area contributed by atoms with Crippen LogP contribution in [0.25, 0.3) is 43.8 Å². The molecule has 10 heteroatoms. The predicted molar refractivity (Wildman–Crippen MR) is 143 cm³/mol. The summed E-state index contributed by atoms with van der Waals surface area (Å²) in [4.78, 5) is 45.8. The monoisotopic (exact) mass is 512 g/mol. The van der Waals surface area contributed by atoms with Crippen molar-refractivity contribution in [3.8, 4) is 28.4 Å². The smallest absolute Gasteiger partial charge is 0.275 e. The summed E-state index contributed by atoms with van der Waals surface area (Å²) >= 11 is 1.40. The van der Waals surface area contributed by atoms with E-state index in [1.54, 1.807) is 10.2 Å². The number of hydrogen-bond acceptors (Lipinski definition) is 8. The van der Waals surface area contributed by atoms with Gasteiger partial charge in [-0.25, -0.2) is 15.0 Å². The maximum absolute atomic E-state index is 13.4. The molecule has 3 atom stereocenters. The molecule has 1 unspecified atom stereocenters. The summed E-state index contributed by atoms with van der Waals surface area (Å²) in [7, 11) is 0. The lowest BCUT2D eigenvalue weighted by molar-refractivity contribution is 0.197. The summed E-state index contributed by atoms with van der Waals surface area (Å²) in [6.45, 7) is 6.19. The van der Waals surface area contributed by atoms with Crippen LogP contribution < -0.4 is 15.9 Å². The number of benzene rings is 2. The van der Waals surface area contributed by atoms with Crippen LogP contribution in [-0.2, 0) is 6.54 Å². The van der Waals surface area contributed by atoms with Crippen LogP contribution in [0, 0.1) is 6.92 Å². The zero-order chi connectivity index (χ0) is 25.3. The Morgan fingerprint density at radius 3 is 2.89 bits per heavy atom. The Balaban J connectivity index is 1.52. The average molecular weight is 513 g/mol. The Hall–Kier alpha value is -3.89. The van der Waals surface area contributed by atoms with Crippen LogP contribution in [0.2, 0.25) is 0 Å². The highest BCUT2D eigenvalue weighted by atomic mass is 32.1. The molecule has 186 valence electrons. The van der Waals surface area contributed by atoms with Crippen molar-refractivity contribution in [2.24, 2.45) is 0 Å². The fourth-order valence-electron chi connectivity index (χ4n) is 5.42. The fraction of sp³-hybridized carbons (Fsp3) is 0.296. The number of rotatable bonds is 1. The number of H-pyrrole nitrogens is 1. The van der Waals surface area contributed by atoms with E-state index in [9.17, 15) is 9.59 Å². The van der Waals surface area contributed by atoms with E-state index in [-0.39, 0.29) is 22.9 Å². The summed E-state index contributed by atoms with van der Waals surface area (Å²) in [5.74, 6) is 1.15. The standard InChI is InChI=1S/C27H24N6O3S/c1-14-6-7-28-25(29-14)16-11-20-23-21(12-16)36-17-10-15(2)32(13-17)8-9-33-27(35)19-5-3-4-18(24(19)37-33)22(31-23)26(34)30-20/h3-7,11-12,15,17H,8-10,13H2,1-2H3,(H,30,34)/t15-,17+/m1/s1. The normalized spacial score (nSPS) is 21.0. The number of aromatic nitrogens is 5. The molecule has 0 aliphatic carbocycles. The molecule has 2 aliphatic rings. The number of nitrogens with zero attached hydrogens (tertiary/aromatic N) is 5. The third-order valence-corrected chi connectivity index (χ3v) is 8.48. The molecule has 5 heterocycles. The number of ether oxygens (including phenoxy) is 1. The third kappa shape index (κ3) is 3.67. The van der Waals surface area contributed by atoms with E-state index in [4.69, 9.17) is 9.72 Å². The predicted octanol–water partition coefficient (Wildman–Crippen LogP) is 3.59. The quantitative estimate of drug-likeness (QED) is 0.366. The van der Waals surface area contributed by atoms with E-state index in [0.29, 0.717) is 46.1 Å². The molecular weight excluding hydrogens is 488 g/mol. The van der Waals surface area contributed by atoms with Gasteiger partial charge in [-0.2, -0.15) is 0 Å². The Labute approximate surface area is 215 Å². The Kier molecular flexibility index (Phi) is 5.02. The van der Waals surface area contributed by atoms with Gasteiger partial charge in [-0.1, -0.05) is 23.7 Å². The van der Waals surface area contributed by atoms with Crippen molar-refractivity contribution in [2.75, 3.05) is 13.1 Å². The second-order valence-corrected chi connectivity index (χ2v) is 10.8. The van der Waals surface area contributed by atoms with Crippen LogP contribution in [-0.4, -0.2) is 54.0 Å². The molecule has 9 nitrogen and oxygen atoms in total. The summed E-state index contributed by atoms with van der Waals surface area (Å²) < 4.78 is 9.15. The highest BCUT2D eigenvalue weighted by molar-refractivity contribution is 7.14. The molecule has 2 aliphatic heterocycles. The van der Waals surface area contributed by atoms with Crippen molar-refractivity contribution in [2.45, 2.75) is 39.0 Å². The highest BCUT2D eigenvalue weighted by Gasteiger charge is 2.31. The lowest BCUT2D eigenvalue weighted by Crippen LogP contribution is -2.33. The Morgan fingerprint density at radius 1 is 1.14 bits per heavy atom. The minimum Gasteiger partial charge on any atom is -0.487 e. The number of fused-ring (bicyclic) bond motifs is 5. The number of hydrogen-bond donors (Lipinski definition) is 1.